The lowest BCUT2D eigenvalue weighted by molar-refractivity contribution is 0.281. The van der Waals surface area contributed by atoms with Gasteiger partial charge in [0.1, 0.15) is 0 Å². The number of fused-ring (bicyclic) bond motifs is 1. The molecule has 3 rings (SSSR count). The minimum atomic E-state index is 0.874. The van der Waals surface area contributed by atoms with E-state index >= 15 is 0 Å². The van der Waals surface area contributed by atoms with Crippen LogP contribution < -0.4 is 5.32 Å². The number of thiazole rings is 1. The van der Waals surface area contributed by atoms with Crippen molar-refractivity contribution in [1.82, 2.24) is 14.7 Å². The van der Waals surface area contributed by atoms with Crippen molar-refractivity contribution in [2.45, 2.75) is 53.0 Å². The molecule has 0 amide bonds. The summed E-state index contributed by atoms with van der Waals surface area (Å²) >= 11 is 1.77. The zero-order chi connectivity index (χ0) is 14.1. The van der Waals surface area contributed by atoms with Gasteiger partial charge in [0.15, 0.2) is 4.96 Å². The highest BCUT2D eigenvalue weighted by molar-refractivity contribution is 7.17. The maximum Gasteiger partial charge on any atom is 0.194 e. The van der Waals surface area contributed by atoms with Gasteiger partial charge in [-0.15, -0.1) is 11.3 Å². The molecule has 1 aliphatic carbocycles. The maximum absolute atomic E-state index is 4.65. The lowest BCUT2D eigenvalue weighted by Gasteiger charge is -2.26. The molecular formula is C16H25N3S. The van der Waals surface area contributed by atoms with Crippen LogP contribution in [0.4, 0.5) is 0 Å². The zero-order valence-electron chi connectivity index (χ0n) is 12.8. The van der Waals surface area contributed by atoms with E-state index in [9.17, 15) is 0 Å². The van der Waals surface area contributed by atoms with Gasteiger partial charge in [-0.2, -0.15) is 0 Å². The molecule has 0 atom stereocenters. The van der Waals surface area contributed by atoms with Crippen molar-refractivity contribution in [2.75, 3.05) is 6.54 Å². The lowest BCUT2D eigenvalue weighted by Crippen LogP contribution is -2.26. The number of hydrogen-bond acceptors (Lipinski definition) is 3. The van der Waals surface area contributed by atoms with Gasteiger partial charge in [0.05, 0.1) is 11.4 Å². The minimum absolute atomic E-state index is 0.874. The summed E-state index contributed by atoms with van der Waals surface area (Å²) in [5, 5.41) is 3.66. The van der Waals surface area contributed by atoms with Crippen molar-refractivity contribution in [3.8, 4) is 0 Å². The molecule has 0 radical (unpaired) electrons. The van der Waals surface area contributed by atoms with Crippen LogP contribution in [0.15, 0.2) is 6.20 Å². The van der Waals surface area contributed by atoms with Crippen LogP contribution in [0.25, 0.3) is 4.96 Å². The second-order valence-electron chi connectivity index (χ2n) is 6.40. The average Bonchev–Trinajstić information content (AvgIpc) is 2.89. The van der Waals surface area contributed by atoms with E-state index in [0.717, 1.165) is 29.9 Å². The molecule has 1 aliphatic rings. The third kappa shape index (κ3) is 2.91. The molecule has 20 heavy (non-hydrogen) atoms. The SMILES string of the molecule is Cc1cn2c(CNCC3CCC(C)CC3)c(C)nc2s1. The van der Waals surface area contributed by atoms with Gasteiger partial charge in [-0.05, 0) is 45.1 Å². The van der Waals surface area contributed by atoms with Gasteiger partial charge < -0.3 is 5.32 Å². The van der Waals surface area contributed by atoms with Crippen LogP contribution in [0, 0.1) is 25.7 Å². The Morgan fingerprint density at radius 1 is 1.30 bits per heavy atom. The zero-order valence-corrected chi connectivity index (χ0v) is 13.6. The number of aryl methyl sites for hydroxylation is 2. The predicted molar refractivity (Wildman–Crippen MR) is 85.4 cm³/mol. The van der Waals surface area contributed by atoms with Crippen LogP contribution in [0.3, 0.4) is 0 Å². The van der Waals surface area contributed by atoms with E-state index in [1.165, 1.54) is 41.9 Å². The van der Waals surface area contributed by atoms with Crippen LogP contribution in [-0.4, -0.2) is 15.9 Å². The molecule has 0 bridgehead atoms. The summed E-state index contributed by atoms with van der Waals surface area (Å²) in [5.41, 5.74) is 2.49. The van der Waals surface area contributed by atoms with E-state index in [1.807, 2.05) is 0 Å². The third-order valence-electron chi connectivity index (χ3n) is 4.60. The molecule has 0 aromatic carbocycles. The molecule has 4 heteroatoms. The Kier molecular flexibility index (Phi) is 4.13. The Bertz CT molecular complexity index is 576. The van der Waals surface area contributed by atoms with Crippen molar-refractivity contribution in [3.63, 3.8) is 0 Å². The first-order chi connectivity index (χ1) is 9.63. The first-order valence-electron chi connectivity index (χ1n) is 7.78. The smallest absolute Gasteiger partial charge is 0.194 e. The molecule has 110 valence electrons. The molecule has 0 saturated heterocycles. The summed E-state index contributed by atoms with van der Waals surface area (Å²) in [6.45, 7) is 8.75. The third-order valence-corrected chi connectivity index (χ3v) is 5.50. The first kappa shape index (κ1) is 14.1. The van der Waals surface area contributed by atoms with Crippen LogP contribution in [0.1, 0.15) is 48.9 Å². The molecular weight excluding hydrogens is 266 g/mol. The summed E-state index contributed by atoms with van der Waals surface area (Å²) in [6.07, 6.45) is 7.82. The van der Waals surface area contributed by atoms with Crippen molar-refractivity contribution in [2.24, 2.45) is 11.8 Å². The quantitative estimate of drug-likeness (QED) is 0.925. The van der Waals surface area contributed by atoms with Crippen LogP contribution in [0.5, 0.6) is 0 Å². The highest BCUT2D eigenvalue weighted by Crippen LogP contribution is 2.28. The summed E-state index contributed by atoms with van der Waals surface area (Å²) in [6, 6.07) is 0. The van der Waals surface area contributed by atoms with Gasteiger partial charge in [-0.25, -0.2) is 4.98 Å². The van der Waals surface area contributed by atoms with Crippen molar-refractivity contribution >= 4 is 16.3 Å². The molecule has 1 N–H and O–H groups in total. The van der Waals surface area contributed by atoms with Gasteiger partial charge in [0.2, 0.25) is 0 Å². The number of nitrogens with one attached hydrogen (secondary N) is 1. The predicted octanol–water partition coefficient (Wildman–Crippen LogP) is 3.93. The van der Waals surface area contributed by atoms with Crippen LogP contribution >= 0.6 is 11.3 Å². The number of rotatable bonds is 4. The van der Waals surface area contributed by atoms with E-state index < -0.39 is 0 Å². The summed E-state index contributed by atoms with van der Waals surface area (Å²) in [7, 11) is 0. The monoisotopic (exact) mass is 291 g/mol. The molecule has 1 saturated carbocycles. The topological polar surface area (TPSA) is 29.3 Å². The fourth-order valence-electron chi connectivity index (χ4n) is 3.25. The van der Waals surface area contributed by atoms with Gasteiger partial charge in [0.25, 0.3) is 0 Å². The molecule has 2 aromatic heterocycles. The number of hydrogen-bond donors (Lipinski definition) is 1. The number of aromatic nitrogens is 2. The summed E-state index contributed by atoms with van der Waals surface area (Å²) in [4.78, 5) is 7.11. The maximum atomic E-state index is 4.65. The lowest BCUT2D eigenvalue weighted by atomic mass is 9.83. The first-order valence-corrected chi connectivity index (χ1v) is 8.60. The molecule has 0 spiro atoms. The van der Waals surface area contributed by atoms with E-state index in [-0.39, 0.29) is 0 Å². The molecule has 2 aromatic rings. The highest BCUT2D eigenvalue weighted by atomic mass is 32.1. The fourth-order valence-corrected chi connectivity index (χ4v) is 4.14. The van der Waals surface area contributed by atoms with Crippen LogP contribution in [-0.2, 0) is 6.54 Å². The minimum Gasteiger partial charge on any atom is -0.311 e. The Balaban J connectivity index is 1.58. The van der Waals surface area contributed by atoms with Crippen molar-refractivity contribution in [3.05, 3.63) is 22.5 Å². The van der Waals surface area contributed by atoms with E-state index in [0.29, 0.717) is 0 Å². The second kappa shape index (κ2) is 5.86. The van der Waals surface area contributed by atoms with Gasteiger partial charge in [0, 0.05) is 17.6 Å². The second-order valence-corrected chi connectivity index (χ2v) is 7.61. The van der Waals surface area contributed by atoms with Crippen molar-refractivity contribution in [1.29, 1.82) is 0 Å². The normalized spacial score (nSPS) is 23.6. The molecule has 0 aliphatic heterocycles. The van der Waals surface area contributed by atoms with Crippen LogP contribution in [0.2, 0.25) is 0 Å². The fraction of sp³-hybridized carbons (Fsp3) is 0.688. The standard InChI is InChI=1S/C16H25N3S/c1-11-4-6-14(7-5-11)8-17-9-15-13(3)18-16-19(15)10-12(2)20-16/h10-11,14,17H,4-9H2,1-3H3. The number of nitrogens with zero attached hydrogens (tertiary/aromatic N) is 2. The molecule has 0 unspecified atom stereocenters. The number of imidazole rings is 1. The Hall–Kier alpha value is -0.870. The van der Waals surface area contributed by atoms with Gasteiger partial charge in [-0.1, -0.05) is 19.8 Å². The molecule has 1 fully saturated rings. The summed E-state index contributed by atoms with van der Waals surface area (Å²) < 4.78 is 2.26. The van der Waals surface area contributed by atoms with Gasteiger partial charge in [-0.3, -0.25) is 4.40 Å². The van der Waals surface area contributed by atoms with Crippen molar-refractivity contribution < 1.29 is 0 Å². The average molecular weight is 291 g/mol. The Labute approximate surface area is 125 Å². The van der Waals surface area contributed by atoms with E-state index in [2.05, 4.69) is 41.7 Å². The van der Waals surface area contributed by atoms with Gasteiger partial charge >= 0.3 is 0 Å². The largest absolute Gasteiger partial charge is 0.311 e. The Morgan fingerprint density at radius 3 is 2.80 bits per heavy atom. The van der Waals surface area contributed by atoms with E-state index in [1.54, 1.807) is 11.3 Å². The Morgan fingerprint density at radius 2 is 2.05 bits per heavy atom. The molecule has 2 heterocycles. The summed E-state index contributed by atoms with van der Waals surface area (Å²) in [5.74, 6) is 1.82. The molecule has 3 nitrogen and oxygen atoms in total. The highest BCUT2D eigenvalue weighted by Gasteiger charge is 2.18. The van der Waals surface area contributed by atoms with E-state index in [4.69, 9.17) is 0 Å².